The Morgan fingerprint density at radius 2 is 1.86 bits per heavy atom. The predicted molar refractivity (Wildman–Crippen MR) is 113 cm³/mol. The summed E-state index contributed by atoms with van der Waals surface area (Å²) in [4.78, 5) is 41.7. The van der Waals surface area contributed by atoms with Crippen LogP contribution in [0.4, 0.5) is 5.69 Å². The van der Waals surface area contributed by atoms with Gasteiger partial charge in [0.25, 0.3) is 11.8 Å². The molecule has 0 aliphatic carbocycles. The van der Waals surface area contributed by atoms with Crippen molar-refractivity contribution in [1.82, 2.24) is 9.88 Å². The smallest absolute Gasteiger partial charge is 0.312 e. The molecule has 0 atom stereocenters. The number of thiazole rings is 1. The van der Waals surface area contributed by atoms with Crippen molar-refractivity contribution in [2.45, 2.75) is 6.42 Å². The van der Waals surface area contributed by atoms with Crippen LogP contribution in [0.5, 0.6) is 0 Å². The topological polar surface area (TPSA) is 88.6 Å². The van der Waals surface area contributed by atoms with Gasteiger partial charge < -0.3 is 15.0 Å². The lowest BCUT2D eigenvalue weighted by Gasteiger charge is -2.11. The van der Waals surface area contributed by atoms with Crippen molar-refractivity contribution in [3.8, 4) is 10.6 Å². The lowest BCUT2D eigenvalue weighted by molar-refractivity contribution is -0.146. The van der Waals surface area contributed by atoms with E-state index in [0.717, 1.165) is 10.6 Å². The molecule has 29 heavy (non-hydrogen) atoms. The Morgan fingerprint density at radius 3 is 2.52 bits per heavy atom. The van der Waals surface area contributed by atoms with E-state index in [1.807, 2.05) is 22.2 Å². The summed E-state index contributed by atoms with van der Waals surface area (Å²) in [6, 6.07) is 8.46. The first-order valence-electron chi connectivity index (χ1n) is 8.66. The molecular formula is C20H19N3O4S2. The number of anilines is 1. The van der Waals surface area contributed by atoms with Gasteiger partial charge in [-0.05, 0) is 35.7 Å². The van der Waals surface area contributed by atoms with Crippen molar-refractivity contribution in [2.24, 2.45) is 0 Å². The Morgan fingerprint density at radius 1 is 1.10 bits per heavy atom. The number of aromatic nitrogens is 1. The van der Waals surface area contributed by atoms with E-state index in [-0.39, 0.29) is 12.3 Å². The van der Waals surface area contributed by atoms with Gasteiger partial charge in [0.05, 0.1) is 12.1 Å². The van der Waals surface area contributed by atoms with E-state index in [9.17, 15) is 14.4 Å². The molecule has 0 fully saturated rings. The first-order chi connectivity index (χ1) is 13.9. The van der Waals surface area contributed by atoms with Crippen LogP contribution >= 0.6 is 22.7 Å². The zero-order chi connectivity index (χ0) is 20.8. The molecule has 0 radical (unpaired) electrons. The van der Waals surface area contributed by atoms with Gasteiger partial charge in [-0.1, -0.05) is 0 Å². The molecule has 3 rings (SSSR count). The quantitative estimate of drug-likeness (QED) is 0.582. The minimum Gasteiger partial charge on any atom is -0.455 e. The number of nitrogens with zero attached hydrogens (tertiary/aromatic N) is 2. The number of rotatable bonds is 7. The second-order valence-corrected chi connectivity index (χ2v) is 7.96. The van der Waals surface area contributed by atoms with Gasteiger partial charge in [0.15, 0.2) is 6.61 Å². The molecule has 2 aromatic heterocycles. The first kappa shape index (κ1) is 20.7. The fourth-order valence-electron chi connectivity index (χ4n) is 2.40. The summed E-state index contributed by atoms with van der Waals surface area (Å²) in [5.74, 6) is -1.10. The van der Waals surface area contributed by atoms with E-state index in [4.69, 9.17) is 4.74 Å². The highest BCUT2D eigenvalue weighted by Gasteiger charge is 2.13. The molecule has 1 N–H and O–H groups in total. The van der Waals surface area contributed by atoms with Crippen LogP contribution in [0.1, 0.15) is 16.1 Å². The Balaban J connectivity index is 1.45. The highest BCUT2D eigenvalue weighted by Crippen LogP contribution is 2.25. The average Bonchev–Trinajstić information content (AvgIpc) is 3.38. The highest BCUT2D eigenvalue weighted by atomic mass is 32.1. The number of carbonyl (C=O) groups excluding carboxylic acids is 3. The monoisotopic (exact) mass is 429 g/mol. The van der Waals surface area contributed by atoms with E-state index >= 15 is 0 Å². The number of hydrogen-bond donors (Lipinski definition) is 1. The van der Waals surface area contributed by atoms with Gasteiger partial charge in [-0.2, -0.15) is 11.3 Å². The second-order valence-electron chi connectivity index (χ2n) is 6.32. The van der Waals surface area contributed by atoms with Crippen molar-refractivity contribution in [2.75, 3.05) is 26.0 Å². The molecule has 3 aromatic rings. The maximum absolute atomic E-state index is 12.0. The molecule has 1 aromatic carbocycles. The molecule has 0 unspecified atom stereocenters. The fraction of sp³-hybridized carbons (Fsp3) is 0.200. The standard InChI is InChI=1S/C20H19N3O4S2/c1-23(2)20(26)13-3-5-15(6-4-13)21-17(24)10-27-18(25)9-16-12-29-19(22-16)14-7-8-28-11-14/h3-8,11-12H,9-10H2,1-2H3,(H,21,24). The van der Waals surface area contributed by atoms with E-state index in [0.29, 0.717) is 16.9 Å². The Kier molecular flexibility index (Phi) is 6.73. The van der Waals surface area contributed by atoms with Crippen molar-refractivity contribution in [1.29, 1.82) is 0 Å². The van der Waals surface area contributed by atoms with Crippen LogP contribution in [0.3, 0.4) is 0 Å². The lowest BCUT2D eigenvalue weighted by Crippen LogP contribution is -2.22. The number of esters is 1. The summed E-state index contributed by atoms with van der Waals surface area (Å²) in [7, 11) is 3.34. The van der Waals surface area contributed by atoms with Crippen LogP contribution in [-0.4, -0.2) is 48.4 Å². The molecule has 0 spiro atoms. The maximum atomic E-state index is 12.0. The number of carbonyl (C=O) groups is 3. The van der Waals surface area contributed by atoms with Crippen molar-refractivity contribution in [3.63, 3.8) is 0 Å². The van der Waals surface area contributed by atoms with Gasteiger partial charge in [-0.3, -0.25) is 14.4 Å². The van der Waals surface area contributed by atoms with Crippen LogP contribution in [0.15, 0.2) is 46.5 Å². The summed E-state index contributed by atoms with van der Waals surface area (Å²) in [5.41, 5.74) is 2.67. The molecule has 2 heterocycles. The summed E-state index contributed by atoms with van der Waals surface area (Å²) in [6.07, 6.45) is 0.00919. The summed E-state index contributed by atoms with van der Waals surface area (Å²) in [6.45, 7) is -0.390. The molecule has 9 heteroatoms. The molecule has 150 valence electrons. The van der Waals surface area contributed by atoms with Gasteiger partial charge in [-0.25, -0.2) is 4.98 Å². The van der Waals surface area contributed by atoms with Gasteiger partial charge in [-0.15, -0.1) is 11.3 Å². The summed E-state index contributed by atoms with van der Waals surface area (Å²) < 4.78 is 5.03. The summed E-state index contributed by atoms with van der Waals surface area (Å²) >= 11 is 3.05. The molecule has 7 nitrogen and oxygen atoms in total. The molecule has 0 aliphatic rings. The predicted octanol–water partition coefficient (Wildman–Crippen LogP) is 3.30. The molecule has 2 amide bonds. The molecule has 0 bridgehead atoms. The SMILES string of the molecule is CN(C)C(=O)c1ccc(NC(=O)COC(=O)Cc2csc(-c3ccsc3)n2)cc1. The van der Waals surface area contributed by atoms with Crippen LogP contribution in [-0.2, 0) is 20.7 Å². The third-order valence-electron chi connectivity index (χ3n) is 3.83. The average molecular weight is 430 g/mol. The van der Waals surface area contributed by atoms with E-state index in [1.54, 1.807) is 49.7 Å². The third-order valence-corrected chi connectivity index (χ3v) is 5.45. The van der Waals surface area contributed by atoms with Gasteiger partial charge >= 0.3 is 5.97 Å². The van der Waals surface area contributed by atoms with Crippen molar-refractivity contribution < 1.29 is 19.1 Å². The second kappa shape index (κ2) is 9.44. The third kappa shape index (κ3) is 5.72. The molecule has 0 aliphatic heterocycles. The number of benzene rings is 1. The number of thiophene rings is 1. The lowest BCUT2D eigenvalue weighted by atomic mass is 10.2. The molecule has 0 saturated heterocycles. The molecule has 0 saturated carbocycles. The fourth-order valence-corrected chi connectivity index (χ4v) is 3.94. The minimum atomic E-state index is -0.519. The van der Waals surface area contributed by atoms with Crippen LogP contribution in [0, 0.1) is 0 Å². The van der Waals surface area contributed by atoms with Crippen molar-refractivity contribution >= 4 is 46.1 Å². The number of ether oxygens (including phenoxy) is 1. The summed E-state index contributed by atoms with van der Waals surface area (Å²) in [5, 5.41) is 9.25. The zero-order valence-electron chi connectivity index (χ0n) is 15.9. The minimum absolute atomic E-state index is 0.00919. The van der Waals surface area contributed by atoms with Gasteiger partial charge in [0, 0.05) is 41.7 Å². The normalized spacial score (nSPS) is 10.4. The highest BCUT2D eigenvalue weighted by molar-refractivity contribution is 7.14. The van der Waals surface area contributed by atoms with Crippen molar-refractivity contribution in [3.05, 3.63) is 57.7 Å². The van der Waals surface area contributed by atoms with E-state index in [1.165, 1.54) is 16.2 Å². The van der Waals surface area contributed by atoms with Crippen LogP contribution in [0.2, 0.25) is 0 Å². The van der Waals surface area contributed by atoms with Crippen LogP contribution in [0.25, 0.3) is 10.6 Å². The number of amides is 2. The van der Waals surface area contributed by atoms with Gasteiger partial charge in [0.2, 0.25) is 0 Å². The van der Waals surface area contributed by atoms with Gasteiger partial charge in [0.1, 0.15) is 5.01 Å². The van der Waals surface area contributed by atoms with E-state index in [2.05, 4.69) is 10.3 Å². The number of nitrogens with one attached hydrogen (secondary N) is 1. The first-order valence-corrected chi connectivity index (χ1v) is 10.5. The van der Waals surface area contributed by atoms with E-state index < -0.39 is 18.5 Å². The van der Waals surface area contributed by atoms with Crippen LogP contribution < -0.4 is 5.32 Å². The zero-order valence-corrected chi connectivity index (χ0v) is 17.5. The maximum Gasteiger partial charge on any atom is 0.312 e. The number of hydrogen-bond acceptors (Lipinski definition) is 7. The molecular weight excluding hydrogens is 410 g/mol. The Labute approximate surface area is 176 Å². The Hall–Kier alpha value is -3.04. The Bertz CT molecular complexity index is 995. The largest absolute Gasteiger partial charge is 0.455 e.